The molecule has 0 bridgehead atoms. The van der Waals surface area contributed by atoms with Crippen molar-refractivity contribution in [2.75, 3.05) is 17.7 Å². The lowest BCUT2D eigenvalue weighted by Crippen LogP contribution is -2.22. The number of carbonyl (C=O) groups is 2. The number of halogens is 4. The highest BCUT2D eigenvalue weighted by Crippen LogP contribution is 2.31. The van der Waals surface area contributed by atoms with E-state index in [1.807, 2.05) is 0 Å². The molecule has 2 aromatic rings. The third kappa shape index (κ3) is 4.69. The Morgan fingerprint density at radius 3 is 2.40 bits per heavy atom. The van der Waals surface area contributed by atoms with Gasteiger partial charge in [-0.25, -0.2) is 9.18 Å². The largest absolute Gasteiger partial charge is 0.452 e. The molecule has 1 amide bonds. The lowest BCUT2D eigenvalue weighted by Gasteiger charge is -2.11. The topological polar surface area (TPSA) is 81.4 Å². The summed E-state index contributed by atoms with van der Waals surface area (Å²) in [5.74, 6) is -2.56. The average molecular weight is 356 g/mol. The van der Waals surface area contributed by atoms with Crippen LogP contribution in [-0.4, -0.2) is 18.5 Å². The summed E-state index contributed by atoms with van der Waals surface area (Å²) in [5, 5.41) is 2.19. The van der Waals surface area contributed by atoms with Crippen LogP contribution in [0.3, 0.4) is 0 Å². The molecule has 0 saturated carbocycles. The summed E-state index contributed by atoms with van der Waals surface area (Å²) in [6, 6.07) is 7.48. The number of benzene rings is 2. The number of rotatable bonds is 4. The van der Waals surface area contributed by atoms with Crippen molar-refractivity contribution in [1.29, 1.82) is 0 Å². The third-order valence-corrected chi connectivity index (χ3v) is 3.08. The van der Waals surface area contributed by atoms with Gasteiger partial charge in [-0.2, -0.15) is 13.2 Å². The van der Waals surface area contributed by atoms with Crippen LogP contribution in [0.25, 0.3) is 0 Å². The second kappa shape index (κ2) is 7.20. The van der Waals surface area contributed by atoms with E-state index in [9.17, 15) is 27.2 Å². The van der Waals surface area contributed by atoms with Crippen molar-refractivity contribution in [3.8, 4) is 0 Å². The molecule has 25 heavy (non-hydrogen) atoms. The summed E-state index contributed by atoms with van der Waals surface area (Å²) in [6.45, 7) is -0.756. The van der Waals surface area contributed by atoms with Crippen molar-refractivity contribution >= 4 is 23.3 Å². The second-order valence-corrected chi connectivity index (χ2v) is 4.90. The number of nitrogens with two attached hydrogens (primary N) is 1. The summed E-state index contributed by atoms with van der Waals surface area (Å²) in [4.78, 5) is 23.4. The minimum Gasteiger partial charge on any atom is -0.452 e. The molecule has 0 spiro atoms. The van der Waals surface area contributed by atoms with E-state index in [1.165, 1.54) is 18.2 Å². The number of anilines is 2. The van der Waals surface area contributed by atoms with Crippen LogP contribution in [0.5, 0.6) is 0 Å². The van der Waals surface area contributed by atoms with Crippen LogP contribution < -0.4 is 11.1 Å². The number of carbonyl (C=O) groups excluding carboxylic acids is 2. The highest BCUT2D eigenvalue weighted by Gasteiger charge is 2.31. The molecule has 0 fully saturated rings. The van der Waals surface area contributed by atoms with Crippen molar-refractivity contribution in [1.82, 2.24) is 0 Å². The quantitative estimate of drug-likeness (QED) is 0.501. The molecule has 2 rings (SSSR count). The Morgan fingerprint density at radius 1 is 1.12 bits per heavy atom. The monoisotopic (exact) mass is 356 g/mol. The van der Waals surface area contributed by atoms with Gasteiger partial charge in [0.05, 0.1) is 16.8 Å². The number of esters is 1. The molecule has 0 aliphatic heterocycles. The number of hydrogen-bond acceptors (Lipinski definition) is 4. The first-order valence-corrected chi connectivity index (χ1v) is 6.86. The van der Waals surface area contributed by atoms with E-state index < -0.39 is 41.7 Å². The fourth-order valence-electron chi connectivity index (χ4n) is 1.88. The number of nitrogens with one attached hydrogen (secondary N) is 1. The maximum atomic E-state index is 13.4. The zero-order chi connectivity index (χ0) is 18.6. The van der Waals surface area contributed by atoms with Gasteiger partial charge in [-0.15, -0.1) is 0 Å². The lowest BCUT2D eigenvalue weighted by atomic mass is 10.1. The molecular weight excluding hydrogens is 344 g/mol. The molecule has 9 heteroatoms. The first-order valence-electron chi connectivity index (χ1n) is 6.86. The van der Waals surface area contributed by atoms with E-state index >= 15 is 0 Å². The van der Waals surface area contributed by atoms with Crippen LogP contribution >= 0.6 is 0 Å². The fourth-order valence-corrected chi connectivity index (χ4v) is 1.88. The Hall–Kier alpha value is -3.10. The van der Waals surface area contributed by atoms with E-state index in [0.717, 1.165) is 12.1 Å². The minimum absolute atomic E-state index is 0.0995. The molecule has 0 atom stereocenters. The van der Waals surface area contributed by atoms with Gasteiger partial charge in [-0.3, -0.25) is 4.79 Å². The first kappa shape index (κ1) is 18.2. The van der Waals surface area contributed by atoms with Gasteiger partial charge >= 0.3 is 12.1 Å². The van der Waals surface area contributed by atoms with Crippen molar-refractivity contribution in [2.24, 2.45) is 0 Å². The molecule has 0 aliphatic rings. The van der Waals surface area contributed by atoms with Gasteiger partial charge in [0, 0.05) is 5.69 Å². The maximum Gasteiger partial charge on any atom is 0.416 e. The number of para-hydroxylation sites is 1. The summed E-state index contributed by atoms with van der Waals surface area (Å²) in [7, 11) is 0. The van der Waals surface area contributed by atoms with E-state index in [4.69, 9.17) is 5.73 Å². The van der Waals surface area contributed by atoms with Crippen LogP contribution in [-0.2, 0) is 15.7 Å². The smallest absolute Gasteiger partial charge is 0.416 e. The van der Waals surface area contributed by atoms with Gasteiger partial charge in [0.2, 0.25) is 0 Å². The molecule has 0 saturated heterocycles. The maximum absolute atomic E-state index is 13.4. The van der Waals surface area contributed by atoms with E-state index in [2.05, 4.69) is 10.1 Å². The Bertz CT molecular complexity index is 806. The Morgan fingerprint density at radius 2 is 1.80 bits per heavy atom. The normalized spacial score (nSPS) is 11.0. The SMILES string of the molecule is Nc1cc(C(F)(F)F)ccc1C(=O)OCC(=O)Nc1ccccc1F. The van der Waals surface area contributed by atoms with Crippen molar-refractivity contribution < 1.29 is 31.9 Å². The summed E-state index contributed by atoms with van der Waals surface area (Å²) in [5.41, 5.74) is 3.55. The standard InChI is InChI=1S/C16H12F4N2O3/c17-11-3-1-2-4-13(11)22-14(23)8-25-15(24)10-6-5-9(7-12(10)21)16(18,19)20/h1-7H,8,21H2,(H,22,23). The van der Waals surface area contributed by atoms with E-state index in [0.29, 0.717) is 12.1 Å². The van der Waals surface area contributed by atoms with Crippen LogP contribution in [0.15, 0.2) is 42.5 Å². The Kier molecular flexibility index (Phi) is 5.26. The first-order chi connectivity index (χ1) is 11.7. The Labute approximate surface area is 139 Å². The molecule has 0 radical (unpaired) electrons. The van der Waals surface area contributed by atoms with Crippen LogP contribution in [0.1, 0.15) is 15.9 Å². The van der Waals surface area contributed by atoms with Crippen LogP contribution in [0.2, 0.25) is 0 Å². The second-order valence-electron chi connectivity index (χ2n) is 4.90. The summed E-state index contributed by atoms with van der Waals surface area (Å²) >= 11 is 0. The van der Waals surface area contributed by atoms with Crippen molar-refractivity contribution in [3.05, 3.63) is 59.4 Å². The summed E-state index contributed by atoms with van der Waals surface area (Å²) < 4.78 is 55.7. The van der Waals surface area contributed by atoms with Gasteiger partial charge in [0.1, 0.15) is 5.82 Å². The van der Waals surface area contributed by atoms with Crippen LogP contribution in [0.4, 0.5) is 28.9 Å². The molecular formula is C16H12F4N2O3. The third-order valence-electron chi connectivity index (χ3n) is 3.08. The molecule has 2 aromatic carbocycles. The van der Waals surface area contributed by atoms with Gasteiger partial charge in [-0.05, 0) is 30.3 Å². The van der Waals surface area contributed by atoms with Gasteiger partial charge in [0.25, 0.3) is 5.91 Å². The molecule has 5 nitrogen and oxygen atoms in total. The zero-order valence-corrected chi connectivity index (χ0v) is 12.6. The number of amides is 1. The number of hydrogen-bond donors (Lipinski definition) is 2. The van der Waals surface area contributed by atoms with E-state index in [-0.39, 0.29) is 11.3 Å². The molecule has 0 heterocycles. The highest BCUT2D eigenvalue weighted by molar-refractivity contribution is 5.98. The number of ether oxygens (including phenoxy) is 1. The average Bonchev–Trinajstić information content (AvgIpc) is 2.54. The zero-order valence-electron chi connectivity index (χ0n) is 12.6. The summed E-state index contributed by atoms with van der Waals surface area (Å²) in [6.07, 6.45) is -4.60. The van der Waals surface area contributed by atoms with Gasteiger partial charge in [-0.1, -0.05) is 12.1 Å². The molecule has 0 aliphatic carbocycles. The molecule has 0 aromatic heterocycles. The lowest BCUT2D eigenvalue weighted by molar-refractivity contribution is -0.137. The van der Waals surface area contributed by atoms with Crippen LogP contribution in [0, 0.1) is 5.82 Å². The van der Waals surface area contributed by atoms with Gasteiger partial charge in [0.15, 0.2) is 6.61 Å². The number of nitrogen functional groups attached to an aromatic ring is 1. The Balaban J connectivity index is 1.98. The van der Waals surface area contributed by atoms with Crippen molar-refractivity contribution in [3.63, 3.8) is 0 Å². The predicted molar refractivity (Wildman–Crippen MR) is 81.2 cm³/mol. The fraction of sp³-hybridized carbons (Fsp3) is 0.125. The molecule has 0 unspecified atom stereocenters. The van der Waals surface area contributed by atoms with Gasteiger partial charge < -0.3 is 15.8 Å². The van der Waals surface area contributed by atoms with Crippen molar-refractivity contribution in [2.45, 2.75) is 6.18 Å². The number of alkyl halides is 3. The highest BCUT2D eigenvalue weighted by atomic mass is 19.4. The minimum atomic E-state index is -4.60. The molecule has 3 N–H and O–H groups in total. The van der Waals surface area contributed by atoms with E-state index in [1.54, 1.807) is 0 Å². The molecule has 132 valence electrons. The predicted octanol–water partition coefficient (Wildman–Crippen LogP) is 3.22.